The Morgan fingerprint density at radius 1 is 0.978 bits per heavy atom. The fourth-order valence-electron chi connectivity index (χ4n) is 4.81. The van der Waals surface area contributed by atoms with Crippen LogP contribution in [0, 0.1) is 11.7 Å². The number of hydrogen-bond acceptors (Lipinski definition) is 6. The van der Waals surface area contributed by atoms with E-state index < -0.39 is 6.04 Å². The highest BCUT2D eigenvalue weighted by atomic mass is 35.5. The molecule has 4 N–H and O–H groups in total. The van der Waals surface area contributed by atoms with Gasteiger partial charge in [-0.25, -0.2) is 4.39 Å². The lowest BCUT2D eigenvalue weighted by atomic mass is 9.97. The van der Waals surface area contributed by atoms with Crippen LogP contribution in [0.15, 0.2) is 66.7 Å². The van der Waals surface area contributed by atoms with Crippen molar-refractivity contribution in [3.63, 3.8) is 0 Å². The minimum Gasteiger partial charge on any atom is -0.493 e. The average molecular weight is 656 g/mol. The van der Waals surface area contributed by atoms with Crippen LogP contribution >= 0.6 is 11.6 Å². The fourth-order valence-corrected chi connectivity index (χ4v) is 4.94. The third kappa shape index (κ3) is 12.7. The summed E-state index contributed by atoms with van der Waals surface area (Å²) >= 11 is 5.94. The van der Waals surface area contributed by atoms with E-state index in [2.05, 4.69) is 10.6 Å². The molecule has 0 heterocycles. The number of nitrogens with one attached hydrogen (secondary N) is 2. The summed E-state index contributed by atoms with van der Waals surface area (Å²) in [5, 5.41) is 6.47. The Morgan fingerprint density at radius 3 is 2.39 bits per heavy atom. The molecule has 0 aliphatic rings. The number of nitrogens with two attached hydrogens (primary N) is 1. The summed E-state index contributed by atoms with van der Waals surface area (Å²) in [7, 11) is 1.65. The van der Waals surface area contributed by atoms with Crippen LogP contribution < -0.4 is 21.1 Å². The molecule has 0 spiro atoms. The fraction of sp³-hybridized carbons (Fsp3) is 0.444. The summed E-state index contributed by atoms with van der Waals surface area (Å²) in [6.07, 6.45) is 2.92. The van der Waals surface area contributed by atoms with E-state index in [0.717, 1.165) is 35.1 Å². The summed E-state index contributed by atoms with van der Waals surface area (Å²) in [6, 6.07) is 18.5. The largest absolute Gasteiger partial charge is 0.493 e. The summed E-state index contributed by atoms with van der Waals surface area (Å²) in [6.45, 7) is 6.04. The number of rotatable bonds is 20. The van der Waals surface area contributed by atoms with Gasteiger partial charge in [-0.05, 0) is 65.8 Å². The van der Waals surface area contributed by atoms with Gasteiger partial charge in [0, 0.05) is 49.7 Å². The van der Waals surface area contributed by atoms with Gasteiger partial charge in [0.05, 0.1) is 19.8 Å². The molecule has 250 valence electrons. The zero-order chi connectivity index (χ0) is 33.3. The maximum absolute atomic E-state index is 13.5. The number of hydrogen-bond donors (Lipinski definition) is 3. The second-order valence-corrected chi connectivity index (χ2v) is 11.9. The average Bonchev–Trinajstić information content (AvgIpc) is 3.05. The molecule has 3 aromatic carbocycles. The third-order valence-corrected chi connectivity index (χ3v) is 7.97. The van der Waals surface area contributed by atoms with Crippen molar-refractivity contribution >= 4 is 23.4 Å². The first kappa shape index (κ1) is 37.0. The number of carbonyl (C=O) groups excluding carboxylic acids is 2. The molecule has 0 saturated carbocycles. The highest BCUT2D eigenvalue weighted by Crippen LogP contribution is 2.32. The predicted molar refractivity (Wildman–Crippen MR) is 180 cm³/mol. The van der Waals surface area contributed by atoms with E-state index in [1.165, 1.54) is 12.1 Å². The van der Waals surface area contributed by atoms with Gasteiger partial charge in [0.15, 0.2) is 0 Å². The lowest BCUT2D eigenvalue weighted by Gasteiger charge is -2.24. The highest BCUT2D eigenvalue weighted by Gasteiger charge is 2.25. The molecule has 0 radical (unpaired) electrons. The van der Waals surface area contributed by atoms with Gasteiger partial charge in [-0.1, -0.05) is 68.3 Å². The quantitative estimate of drug-likeness (QED) is 0.121. The first-order chi connectivity index (χ1) is 22.2. The molecule has 3 unspecified atom stereocenters. The van der Waals surface area contributed by atoms with E-state index in [1.54, 1.807) is 31.4 Å². The normalized spacial score (nSPS) is 13.1. The van der Waals surface area contributed by atoms with Crippen molar-refractivity contribution in [1.29, 1.82) is 0 Å². The van der Waals surface area contributed by atoms with Gasteiger partial charge in [0.2, 0.25) is 11.8 Å². The monoisotopic (exact) mass is 655 g/mol. The van der Waals surface area contributed by atoms with Crippen molar-refractivity contribution < 1.29 is 28.2 Å². The van der Waals surface area contributed by atoms with Gasteiger partial charge in [0.25, 0.3) is 0 Å². The molecule has 0 aliphatic heterocycles. The number of benzene rings is 3. The minimum absolute atomic E-state index is 0.0224. The van der Waals surface area contributed by atoms with Crippen molar-refractivity contribution in [3.05, 3.63) is 88.7 Å². The Kier molecular flexibility index (Phi) is 16.0. The van der Waals surface area contributed by atoms with Crippen molar-refractivity contribution in [2.75, 3.05) is 26.9 Å². The van der Waals surface area contributed by atoms with Crippen LogP contribution in [-0.4, -0.2) is 50.8 Å². The second kappa shape index (κ2) is 19.9. The van der Waals surface area contributed by atoms with Gasteiger partial charge >= 0.3 is 0 Å². The van der Waals surface area contributed by atoms with Crippen molar-refractivity contribution in [2.24, 2.45) is 11.7 Å². The van der Waals surface area contributed by atoms with Crippen LogP contribution in [-0.2, 0) is 32.2 Å². The van der Waals surface area contributed by atoms with Crippen LogP contribution in [0.5, 0.6) is 5.75 Å². The molecule has 0 saturated heterocycles. The SMILES string of the molecule is CCC(C)C(NC(=O)CCCC(N)COCc1ccc(-c2ccc(F)cc2)c(OCCCOC)c1)C(=O)NCc1ccc(Cl)cc1. The van der Waals surface area contributed by atoms with Crippen molar-refractivity contribution in [1.82, 2.24) is 10.6 Å². The third-order valence-electron chi connectivity index (χ3n) is 7.72. The van der Waals surface area contributed by atoms with Crippen molar-refractivity contribution in [3.8, 4) is 16.9 Å². The van der Waals surface area contributed by atoms with E-state index in [1.807, 2.05) is 44.2 Å². The summed E-state index contributed by atoms with van der Waals surface area (Å²) in [4.78, 5) is 25.7. The second-order valence-electron chi connectivity index (χ2n) is 11.5. The lowest BCUT2D eigenvalue weighted by molar-refractivity contribution is -0.130. The molecule has 0 aliphatic carbocycles. The smallest absolute Gasteiger partial charge is 0.243 e. The van der Waals surface area contributed by atoms with E-state index in [9.17, 15) is 14.0 Å². The summed E-state index contributed by atoms with van der Waals surface area (Å²) in [5.41, 5.74) is 9.86. The molecule has 0 aromatic heterocycles. The number of carbonyl (C=O) groups is 2. The van der Waals surface area contributed by atoms with E-state index in [-0.39, 0.29) is 36.0 Å². The van der Waals surface area contributed by atoms with Crippen LogP contribution in [0.4, 0.5) is 4.39 Å². The Balaban J connectivity index is 1.44. The Bertz CT molecular complexity index is 1360. The maximum Gasteiger partial charge on any atom is 0.243 e. The van der Waals surface area contributed by atoms with E-state index >= 15 is 0 Å². The molecule has 3 atom stereocenters. The molecular weight excluding hydrogens is 609 g/mol. The zero-order valence-electron chi connectivity index (χ0n) is 27.0. The van der Waals surface area contributed by atoms with Crippen LogP contribution in [0.25, 0.3) is 11.1 Å². The van der Waals surface area contributed by atoms with Gasteiger partial charge in [0.1, 0.15) is 17.6 Å². The highest BCUT2D eigenvalue weighted by molar-refractivity contribution is 6.30. The molecule has 46 heavy (non-hydrogen) atoms. The van der Waals surface area contributed by atoms with Gasteiger partial charge in [-0.3, -0.25) is 9.59 Å². The molecule has 10 heteroatoms. The molecular formula is C36H47ClFN3O5. The maximum atomic E-state index is 13.5. The number of methoxy groups -OCH3 is 1. The number of amides is 2. The Labute approximate surface area is 277 Å². The summed E-state index contributed by atoms with van der Waals surface area (Å²) < 4.78 is 30.5. The molecule has 0 bridgehead atoms. The Hall–Kier alpha value is -3.50. The van der Waals surface area contributed by atoms with E-state index in [0.29, 0.717) is 56.6 Å². The zero-order valence-corrected chi connectivity index (χ0v) is 27.8. The van der Waals surface area contributed by atoms with Crippen molar-refractivity contribution in [2.45, 2.75) is 71.2 Å². The van der Waals surface area contributed by atoms with Gasteiger partial charge < -0.3 is 30.6 Å². The molecule has 8 nitrogen and oxygen atoms in total. The lowest BCUT2D eigenvalue weighted by Crippen LogP contribution is -2.50. The Morgan fingerprint density at radius 2 is 1.70 bits per heavy atom. The molecule has 0 fully saturated rings. The van der Waals surface area contributed by atoms with Crippen LogP contribution in [0.3, 0.4) is 0 Å². The minimum atomic E-state index is -0.620. The van der Waals surface area contributed by atoms with Crippen LogP contribution in [0.2, 0.25) is 5.02 Å². The molecule has 2 amide bonds. The number of ether oxygens (including phenoxy) is 3. The van der Waals surface area contributed by atoms with Gasteiger partial charge in [-0.2, -0.15) is 0 Å². The first-order valence-corrected chi connectivity index (χ1v) is 16.2. The molecule has 3 rings (SSSR count). The first-order valence-electron chi connectivity index (χ1n) is 15.9. The topological polar surface area (TPSA) is 112 Å². The number of halogens is 2. The van der Waals surface area contributed by atoms with Gasteiger partial charge in [-0.15, -0.1) is 0 Å². The van der Waals surface area contributed by atoms with Crippen LogP contribution in [0.1, 0.15) is 57.1 Å². The standard InChI is InChI=1S/C36H47ClFN3O5/c1-4-25(2)35(36(43)40-22-26-9-14-29(37)15-10-26)41-34(42)8-5-7-31(39)24-45-23-27-11-18-32(28-12-16-30(38)17-13-28)33(21-27)46-20-6-19-44-3/h9-18,21,25,31,35H,4-8,19-20,22-24,39H2,1-3H3,(H,40,43)(H,41,42). The summed E-state index contributed by atoms with van der Waals surface area (Å²) in [5.74, 6) is -0.0205. The van der Waals surface area contributed by atoms with E-state index in [4.69, 9.17) is 31.5 Å². The predicted octanol–water partition coefficient (Wildman–Crippen LogP) is 6.42. The molecule has 3 aromatic rings.